The van der Waals surface area contributed by atoms with E-state index in [9.17, 15) is 4.79 Å². The molecule has 10 heteroatoms. The van der Waals surface area contributed by atoms with Crippen LogP contribution in [0.25, 0.3) is 0 Å². The molecular weight excluding hydrogens is 500 g/mol. The van der Waals surface area contributed by atoms with Crippen molar-refractivity contribution in [1.82, 2.24) is 19.9 Å². The zero-order chi connectivity index (χ0) is 27.1. The van der Waals surface area contributed by atoms with Crippen LogP contribution in [0.4, 0.5) is 16.8 Å². The lowest BCUT2D eigenvalue weighted by atomic mass is 10.0. The maximum Gasteiger partial charge on any atom is 0.350 e. The molecule has 0 radical (unpaired) electrons. The van der Waals surface area contributed by atoms with Crippen LogP contribution in [0, 0.1) is 6.92 Å². The van der Waals surface area contributed by atoms with Gasteiger partial charge in [-0.2, -0.15) is 0 Å². The van der Waals surface area contributed by atoms with Crippen molar-refractivity contribution < 1.29 is 14.3 Å². The van der Waals surface area contributed by atoms with E-state index in [0.29, 0.717) is 21.7 Å². The molecule has 0 saturated carbocycles. The highest BCUT2D eigenvalue weighted by Gasteiger charge is 2.20. The summed E-state index contributed by atoms with van der Waals surface area (Å²) in [5.41, 5.74) is 2.80. The minimum Gasteiger partial charge on any atom is -0.497 e. The van der Waals surface area contributed by atoms with Crippen LogP contribution in [0.1, 0.15) is 53.8 Å². The van der Waals surface area contributed by atoms with Gasteiger partial charge in [0.15, 0.2) is 5.13 Å². The van der Waals surface area contributed by atoms with Gasteiger partial charge < -0.3 is 19.7 Å². The van der Waals surface area contributed by atoms with Crippen molar-refractivity contribution in [3.63, 3.8) is 0 Å². The molecule has 2 aromatic heterocycles. The molecule has 0 spiro atoms. The Kier molecular flexibility index (Phi) is 9.52. The average molecular weight is 539 g/mol. The van der Waals surface area contributed by atoms with Crippen LogP contribution in [-0.2, 0) is 17.6 Å². The van der Waals surface area contributed by atoms with Crippen molar-refractivity contribution in [2.24, 2.45) is 0 Å². The molecule has 1 aromatic carbocycles. The normalized spacial score (nSPS) is 14.1. The third-order valence-electron chi connectivity index (χ3n) is 6.52. The van der Waals surface area contributed by atoms with E-state index in [1.807, 2.05) is 26.8 Å². The van der Waals surface area contributed by atoms with E-state index >= 15 is 0 Å². The van der Waals surface area contributed by atoms with Gasteiger partial charge in [0.1, 0.15) is 28.1 Å². The zero-order valence-corrected chi connectivity index (χ0v) is 23.8. The maximum absolute atomic E-state index is 12.1. The van der Waals surface area contributed by atoms with Gasteiger partial charge in [0.05, 0.1) is 19.4 Å². The second-order valence-electron chi connectivity index (χ2n) is 9.69. The summed E-state index contributed by atoms with van der Waals surface area (Å²) in [6.07, 6.45) is 4.61. The number of methoxy groups -OCH3 is 1. The van der Waals surface area contributed by atoms with Crippen molar-refractivity contribution in [3.05, 3.63) is 52.3 Å². The number of nitrogens with zero attached hydrogens (tertiary/aromatic N) is 5. The van der Waals surface area contributed by atoms with Crippen molar-refractivity contribution in [2.75, 3.05) is 50.1 Å². The van der Waals surface area contributed by atoms with E-state index in [0.717, 1.165) is 63.6 Å². The van der Waals surface area contributed by atoms with Crippen LogP contribution in [0.3, 0.4) is 0 Å². The van der Waals surface area contributed by atoms with Gasteiger partial charge in [-0.05, 0) is 69.8 Å². The largest absolute Gasteiger partial charge is 0.497 e. The highest BCUT2D eigenvalue weighted by atomic mass is 32.1. The smallest absolute Gasteiger partial charge is 0.350 e. The molecule has 3 heterocycles. The number of esters is 1. The van der Waals surface area contributed by atoms with Crippen LogP contribution >= 0.6 is 11.3 Å². The predicted octanol–water partition coefficient (Wildman–Crippen LogP) is 4.88. The van der Waals surface area contributed by atoms with Gasteiger partial charge in [-0.15, -0.1) is 0 Å². The van der Waals surface area contributed by atoms with Crippen molar-refractivity contribution in [1.29, 1.82) is 0 Å². The molecule has 0 unspecified atom stereocenters. The van der Waals surface area contributed by atoms with E-state index in [1.54, 1.807) is 7.11 Å². The standard InChI is InChI=1S/C28H38N6O3S/c1-6-21-16-23(36-5)10-9-22(21)8-7-11-33-12-14-34(15-13-33)26-17-25(30-20(4)31-26)32-28-29-18-24(38-28)27(35)37-19(2)3/h9-10,16-19H,6-8,11-15H2,1-5H3,(H,29,30,31,32). The number of ether oxygens (including phenoxy) is 2. The number of aryl methyl sites for hydroxylation is 3. The number of aromatic nitrogens is 3. The first kappa shape index (κ1) is 27.8. The summed E-state index contributed by atoms with van der Waals surface area (Å²) in [7, 11) is 1.72. The van der Waals surface area contributed by atoms with Crippen LogP contribution in [-0.4, -0.2) is 71.8 Å². The van der Waals surface area contributed by atoms with E-state index in [4.69, 9.17) is 9.47 Å². The number of hydrogen-bond donors (Lipinski definition) is 1. The van der Waals surface area contributed by atoms with Gasteiger partial charge in [0.25, 0.3) is 0 Å². The summed E-state index contributed by atoms with van der Waals surface area (Å²) in [5, 5.41) is 3.82. The van der Waals surface area contributed by atoms with Gasteiger partial charge >= 0.3 is 5.97 Å². The average Bonchev–Trinajstić information content (AvgIpc) is 3.37. The molecule has 9 nitrogen and oxygen atoms in total. The van der Waals surface area contributed by atoms with Crippen LogP contribution < -0.4 is 15.0 Å². The second-order valence-corrected chi connectivity index (χ2v) is 10.7. The van der Waals surface area contributed by atoms with Crippen molar-refractivity contribution in [3.8, 4) is 5.75 Å². The van der Waals surface area contributed by atoms with Crippen LogP contribution in [0.2, 0.25) is 0 Å². The third-order valence-corrected chi connectivity index (χ3v) is 7.41. The minimum absolute atomic E-state index is 0.170. The Morgan fingerprint density at radius 1 is 1.13 bits per heavy atom. The molecule has 0 aliphatic carbocycles. The summed E-state index contributed by atoms with van der Waals surface area (Å²) in [6.45, 7) is 12.7. The number of anilines is 3. The molecule has 1 aliphatic heterocycles. The van der Waals surface area contributed by atoms with E-state index in [-0.39, 0.29) is 12.1 Å². The Labute approximate surface area is 229 Å². The van der Waals surface area contributed by atoms with Gasteiger partial charge in [0, 0.05) is 32.2 Å². The molecule has 1 aliphatic rings. The Hall–Kier alpha value is -3.24. The highest BCUT2D eigenvalue weighted by molar-refractivity contribution is 7.17. The number of hydrogen-bond acceptors (Lipinski definition) is 10. The van der Waals surface area contributed by atoms with E-state index in [1.165, 1.54) is 28.7 Å². The molecule has 1 saturated heterocycles. The van der Waals surface area contributed by atoms with Crippen LogP contribution in [0.15, 0.2) is 30.5 Å². The number of benzene rings is 1. The van der Waals surface area contributed by atoms with Crippen LogP contribution in [0.5, 0.6) is 5.75 Å². The molecule has 3 aromatic rings. The third kappa shape index (κ3) is 7.41. The first-order valence-electron chi connectivity index (χ1n) is 13.3. The minimum atomic E-state index is -0.363. The number of carbonyl (C=O) groups excluding carboxylic acids is 1. The quantitative estimate of drug-likeness (QED) is 0.343. The van der Waals surface area contributed by atoms with Gasteiger partial charge in [-0.25, -0.2) is 19.7 Å². The topological polar surface area (TPSA) is 92.7 Å². The molecule has 1 fully saturated rings. The SMILES string of the molecule is CCc1cc(OC)ccc1CCCN1CCN(c2cc(Nc3ncc(C(=O)OC(C)C)s3)nc(C)n2)CC1. The zero-order valence-electron chi connectivity index (χ0n) is 23.0. The lowest BCUT2D eigenvalue weighted by Gasteiger charge is -2.35. The first-order chi connectivity index (χ1) is 18.3. The molecule has 204 valence electrons. The summed E-state index contributed by atoms with van der Waals surface area (Å²) >= 11 is 1.25. The Balaban J connectivity index is 1.29. The first-order valence-corrected chi connectivity index (χ1v) is 14.1. The molecule has 0 atom stereocenters. The fourth-order valence-corrected chi connectivity index (χ4v) is 5.29. The second kappa shape index (κ2) is 13.0. The monoisotopic (exact) mass is 538 g/mol. The molecular formula is C28H38N6O3S. The number of rotatable bonds is 11. The molecule has 4 rings (SSSR count). The lowest BCUT2D eigenvalue weighted by molar-refractivity contribution is 0.0383. The highest BCUT2D eigenvalue weighted by Crippen LogP contribution is 2.25. The van der Waals surface area contributed by atoms with E-state index in [2.05, 4.69) is 55.2 Å². The fourth-order valence-electron chi connectivity index (χ4n) is 4.58. The fraction of sp³-hybridized carbons (Fsp3) is 0.500. The summed E-state index contributed by atoms with van der Waals surface area (Å²) in [6, 6.07) is 8.39. The molecule has 0 amide bonds. The van der Waals surface area contributed by atoms with Crippen molar-refractivity contribution in [2.45, 2.75) is 53.1 Å². The number of nitrogens with one attached hydrogen (secondary N) is 1. The Morgan fingerprint density at radius 2 is 1.92 bits per heavy atom. The number of carbonyl (C=O) groups is 1. The van der Waals surface area contributed by atoms with Crippen molar-refractivity contribution >= 4 is 34.1 Å². The number of thiazole rings is 1. The van der Waals surface area contributed by atoms with Gasteiger partial charge in [-0.3, -0.25) is 4.90 Å². The Morgan fingerprint density at radius 3 is 2.63 bits per heavy atom. The number of piperazine rings is 1. The molecule has 1 N–H and O–H groups in total. The predicted molar refractivity (Wildman–Crippen MR) is 152 cm³/mol. The Bertz CT molecular complexity index is 1220. The lowest BCUT2D eigenvalue weighted by Crippen LogP contribution is -2.47. The van der Waals surface area contributed by atoms with Gasteiger partial charge in [-0.1, -0.05) is 24.3 Å². The summed E-state index contributed by atoms with van der Waals surface area (Å²) < 4.78 is 10.6. The molecule has 0 bridgehead atoms. The van der Waals surface area contributed by atoms with Gasteiger partial charge in [0.2, 0.25) is 0 Å². The molecule has 38 heavy (non-hydrogen) atoms. The summed E-state index contributed by atoms with van der Waals surface area (Å²) in [4.78, 5) is 30.9. The van der Waals surface area contributed by atoms with E-state index < -0.39 is 0 Å². The summed E-state index contributed by atoms with van der Waals surface area (Å²) in [5.74, 6) is 2.83. The maximum atomic E-state index is 12.1.